The standard InChI is InChI=1S/C6H12S2.CH3.U/c1-5-4-6(2,3)8-7-5;;/h5H,4H2,1-3H3;1H3;/q;-1;. The third-order valence-electron chi connectivity index (χ3n) is 1.22. The molecule has 1 atom stereocenters. The van der Waals surface area contributed by atoms with Gasteiger partial charge < -0.3 is 7.43 Å². The number of hydrogen-bond acceptors (Lipinski definition) is 2. The summed E-state index contributed by atoms with van der Waals surface area (Å²) in [5.41, 5.74) is 0. The van der Waals surface area contributed by atoms with Crippen molar-refractivity contribution in [1.29, 1.82) is 0 Å². The van der Waals surface area contributed by atoms with E-state index < -0.39 is 0 Å². The van der Waals surface area contributed by atoms with Crippen LogP contribution in [0.1, 0.15) is 27.2 Å². The van der Waals surface area contributed by atoms with Gasteiger partial charge in [-0.1, -0.05) is 28.5 Å². The maximum absolute atomic E-state index is 2.31. The Hall–Kier alpha value is 1.75. The molecule has 1 aliphatic rings. The molecule has 0 aromatic carbocycles. The van der Waals surface area contributed by atoms with E-state index in [-0.39, 0.29) is 38.5 Å². The fourth-order valence-electron chi connectivity index (χ4n) is 0.973. The van der Waals surface area contributed by atoms with Gasteiger partial charge in [0.05, 0.1) is 0 Å². The van der Waals surface area contributed by atoms with E-state index in [1.54, 1.807) is 0 Å². The van der Waals surface area contributed by atoms with Crippen LogP contribution in [0.4, 0.5) is 0 Å². The van der Waals surface area contributed by atoms with Crippen molar-refractivity contribution in [2.24, 2.45) is 0 Å². The summed E-state index contributed by atoms with van der Waals surface area (Å²) in [6.07, 6.45) is 1.36. The van der Waals surface area contributed by atoms with E-state index in [0.717, 1.165) is 5.25 Å². The molecule has 0 aromatic heterocycles. The molecule has 3 heteroatoms. The van der Waals surface area contributed by atoms with Crippen molar-refractivity contribution >= 4 is 21.6 Å². The van der Waals surface area contributed by atoms with Crippen molar-refractivity contribution in [3.05, 3.63) is 7.43 Å². The summed E-state index contributed by atoms with van der Waals surface area (Å²) in [6, 6.07) is 0. The Morgan fingerprint density at radius 1 is 1.40 bits per heavy atom. The van der Waals surface area contributed by atoms with Crippen LogP contribution in [-0.2, 0) is 0 Å². The summed E-state index contributed by atoms with van der Waals surface area (Å²) in [5.74, 6) is 0. The largest absolute Gasteiger partial charge is 0.358 e. The molecule has 0 saturated carbocycles. The van der Waals surface area contributed by atoms with Gasteiger partial charge in [-0.15, -0.1) is 0 Å². The van der Waals surface area contributed by atoms with Gasteiger partial charge in [0.1, 0.15) is 0 Å². The van der Waals surface area contributed by atoms with Crippen molar-refractivity contribution in [2.75, 3.05) is 0 Å². The quantitative estimate of drug-likeness (QED) is 0.451. The smallest absolute Gasteiger partial charge is 0.0218 e. The molecule has 0 aliphatic carbocycles. The Bertz CT molecular complexity index is 93.6. The average Bonchev–Trinajstić information content (AvgIpc) is 1.82. The molecule has 10 heavy (non-hydrogen) atoms. The minimum atomic E-state index is 0. The van der Waals surface area contributed by atoms with Gasteiger partial charge in [-0.2, -0.15) is 0 Å². The Morgan fingerprint density at radius 3 is 2.00 bits per heavy atom. The van der Waals surface area contributed by atoms with Crippen molar-refractivity contribution in [1.82, 2.24) is 0 Å². The molecular weight excluding hydrogens is 386 g/mol. The molecule has 0 aromatic rings. The molecule has 1 heterocycles. The minimum Gasteiger partial charge on any atom is -0.358 e. The van der Waals surface area contributed by atoms with E-state index in [2.05, 4.69) is 20.8 Å². The van der Waals surface area contributed by atoms with Crippen molar-refractivity contribution in [2.45, 2.75) is 37.2 Å². The fourth-order valence-corrected chi connectivity index (χ4v) is 3.99. The molecule has 0 spiro atoms. The maximum atomic E-state index is 2.31. The molecule has 0 N–H and O–H groups in total. The SMILES string of the molecule is CC1CC(C)(C)SS1.[CH3-].[U]. The molecule has 1 rings (SSSR count). The predicted octanol–water partition coefficient (Wildman–Crippen LogP) is 3.39. The monoisotopic (exact) mass is 401 g/mol. The molecule has 60 valence electrons. The topological polar surface area (TPSA) is 0 Å². The Kier molecular flexibility index (Phi) is 7.72. The summed E-state index contributed by atoms with van der Waals surface area (Å²) in [6.45, 7) is 6.93. The van der Waals surface area contributed by atoms with Crippen LogP contribution >= 0.6 is 21.6 Å². The molecule has 0 nitrogen and oxygen atoms in total. The van der Waals surface area contributed by atoms with Gasteiger partial charge in [-0.05, 0) is 20.3 Å². The summed E-state index contributed by atoms with van der Waals surface area (Å²) in [4.78, 5) is 0. The molecule has 0 radical (unpaired) electrons. The second-order valence-electron chi connectivity index (χ2n) is 2.95. The van der Waals surface area contributed by atoms with Crippen molar-refractivity contribution in [3.63, 3.8) is 0 Å². The first-order valence-electron chi connectivity index (χ1n) is 2.95. The van der Waals surface area contributed by atoms with Crippen LogP contribution in [0.15, 0.2) is 0 Å². The first-order valence-corrected chi connectivity index (χ1v) is 5.16. The van der Waals surface area contributed by atoms with E-state index >= 15 is 0 Å². The Morgan fingerprint density at radius 2 is 1.90 bits per heavy atom. The van der Waals surface area contributed by atoms with Crippen LogP contribution in [0, 0.1) is 38.5 Å². The fraction of sp³-hybridized carbons (Fsp3) is 0.857. The normalized spacial score (nSPS) is 28.5. The Balaban J connectivity index is 0. The third kappa shape index (κ3) is 4.59. The maximum Gasteiger partial charge on any atom is 0.0218 e. The molecule has 1 unspecified atom stereocenters. The van der Waals surface area contributed by atoms with Gasteiger partial charge >= 0.3 is 0 Å². The van der Waals surface area contributed by atoms with E-state index in [1.807, 2.05) is 21.6 Å². The summed E-state index contributed by atoms with van der Waals surface area (Å²) in [7, 11) is 4.05. The summed E-state index contributed by atoms with van der Waals surface area (Å²) in [5, 5.41) is 0.870. The van der Waals surface area contributed by atoms with Crippen LogP contribution in [-0.4, -0.2) is 10.00 Å². The molecular formula is C7H15S2U-. The summed E-state index contributed by atoms with van der Waals surface area (Å²) < 4.78 is 0.546. The molecule has 1 fully saturated rings. The minimum absolute atomic E-state index is 0. The van der Waals surface area contributed by atoms with Gasteiger partial charge in [0.15, 0.2) is 0 Å². The first kappa shape index (κ1) is 14.3. The van der Waals surface area contributed by atoms with Crippen molar-refractivity contribution in [3.8, 4) is 0 Å². The second-order valence-corrected chi connectivity index (χ2v) is 6.30. The molecule has 1 aliphatic heterocycles. The first-order chi connectivity index (χ1) is 3.60. The molecule has 1 saturated heterocycles. The van der Waals surface area contributed by atoms with Crippen LogP contribution in [0.25, 0.3) is 0 Å². The van der Waals surface area contributed by atoms with Gasteiger partial charge in [0.25, 0.3) is 0 Å². The van der Waals surface area contributed by atoms with E-state index in [0.29, 0.717) is 4.75 Å². The second kappa shape index (κ2) is 5.41. The zero-order chi connectivity index (χ0) is 6.20. The van der Waals surface area contributed by atoms with E-state index in [1.165, 1.54) is 6.42 Å². The number of hydrogen-bond donors (Lipinski definition) is 0. The van der Waals surface area contributed by atoms with Crippen LogP contribution < -0.4 is 0 Å². The van der Waals surface area contributed by atoms with Gasteiger partial charge in [0, 0.05) is 41.1 Å². The Labute approximate surface area is 96.5 Å². The van der Waals surface area contributed by atoms with E-state index in [4.69, 9.17) is 0 Å². The van der Waals surface area contributed by atoms with Gasteiger partial charge in [-0.3, -0.25) is 0 Å². The van der Waals surface area contributed by atoms with Crippen LogP contribution in [0.2, 0.25) is 0 Å². The van der Waals surface area contributed by atoms with Gasteiger partial charge in [-0.25, -0.2) is 0 Å². The third-order valence-corrected chi connectivity index (χ3v) is 5.05. The zero-order valence-electron chi connectivity index (χ0n) is 7.10. The molecule has 0 bridgehead atoms. The van der Waals surface area contributed by atoms with Crippen LogP contribution in [0.5, 0.6) is 0 Å². The average molecular weight is 401 g/mol. The zero-order valence-corrected chi connectivity index (χ0v) is 12.9. The summed E-state index contributed by atoms with van der Waals surface area (Å²) >= 11 is 0. The predicted molar refractivity (Wildman–Crippen MR) is 49.8 cm³/mol. The molecule has 0 amide bonds. The van der Waals surface area contributed by atoms with Gasteiger partial charge in [0.2, 0.25) is 0 Å². The van der Waals surface area contributed by atoms with Crippen LogP contribution in [0.3, 0.4) is 0 Å². The van der Waals surface area contributed by atoms with Crippen molar-refractivity contribution < 1.29 is 31.1 Å². The van der Waals surface area contributed by atoms with E-state index in [9.17, 15) is 0 Å². The number of rotatable bonds is 0.